The molecule has 10 heteroatoms. The number of hydrogen-bond donors (Lipinski definition) is 0. The van der Waals surface area contributed by atoms with Crippen molar-refractivity contribution in [1.29, 1.82) is 0 Å². The summed E-state index contributed by atoms with van der Waals surface area (Å²) in [5, 5.41) is 10.6. The van der Waals surface area contributed by atoms with Gasteiger partial charge in [-0.15, -0.1) is 11.3 Å². The average molecular weight is 311 g/mol. The zero-order chi connectivity index (χ0) is 13.5. The molecule has 1 aliphatic heterocycles. The van der Waals surface area contributed by atoms with Gasteiger partial charge >= 0.3 is 0 Å². The van der Waals surface area contributed by atoms with E-state index in [0.717, 1.165) is 10.4 Å². The summed E-state index contributed by atoms with van der Waals surface area (Å²) in [6.07, 6.45) is 0.625. The van der Waals surface area contributed by atoms with Crippen molar-refractivity contribution < 1.29 is 18.1 Å². The quantitative estimate of drug-likeness (QED) is 0.624. The van der Waals surface area contributed by atoms with E-state index in [2.05, 4.69) is 0 Å². The molecule has 0 unspecified atom stereocenters. The molecule has 0 atom stereocenters. The van der Waals surface area contributed by atoms with Crippen LogP contribution in [0.1, 0.15) is 12.8 Å². The monoisotopic (exact) mass is 310 g/mol. The molecular weight excluding hydrogens is 304 g/mol. The number of carbonyl (C=O) groups is 1. The Hall–Kier alpha value is -1.19. The van der Waals surface area contributed by atoms with Crippen LogP contribution < -0.4 is 0 Å². The highest BCUT2D eigenvalue weighted by Crippen LogP contribution is 2.38. The lowest BCUT2D eigenvalue weighted by Gasteiger charge is -2.13. The zero-order valence-corrected chi connectivity index (χ0v) is 11.2. The Balaban J connectivity index is 2.45. The van der Waals surface area contributed by atoms with Crippen molar-refractivity contribution in [3.05, 3.63) is 20.5 Å². The van der Waals surface area contributed by atoms with Crippen LogP contribution in [0, 0.1) is 10.1 Å². The van der Waals surface area contributed by atoms with E-state index in [1.807, 2.05) is 0 Å². The summed E-state index contributed by atoms with van der Waals surface area (Å²) in [4.78, 5) is 21.2. The lowest BCUT2D eigenvalue weighted by atomic mass is 10.4. The van der Waals surface area contributed by atoms with Crippen LogP contribution in [-0.4, -0.2) is 30.1 Å². The van der Waals surface area contributed by atoms with Gasteiger partial charge in [-0.1, -0.05) is 11.6 Å². The summed E-state index contributed by atoms with van der Waals surface area (Å²) >= 11 is 6.18. The van der Waals surface area contributed by atoms with Gasteiger partial charge < -0.3 is 0 Å². The van der Waals surface area contributed by atoms with E-state index in [1.165, 1.54) is 0 Å². The number of amides is 1. The summed E-state index contributed by atoms with van der Waals surface area (Å²) in [7, 11) is -4.01. The van der Waals surface area contributed by atoms with E-state index in [0.29, 0.717) is 17.8 Å². The van der Waals surface area contributed by atoms with E-state index in [4.69, 9.17) is 11.6 Å². The molecule has 1 aromatic rings. The third-order valence-corrected chi connectivity index (χ3v) is 6.02. The zero-order valence-electron chi connectivity index (χ0n) is 8.83. The molecular formula is C8H7ClN2O5S2. The van der Waals surface area contributed by atoms with Crippen LogP contribution in [0.4, 0.5) is 5.69 Å². The minimum atomic E-state index is -4.01. The average Bonchev–Trinajstić information content (AvgIpc) is 2.84. The number of halogens is 1. The van der Waals surface area contributed by atoms with Gasteiger partial charge in [-0.2, -0.15) is 0 Å². The molecule has 1 aliphatic rings. The summed E-state index contributed by atoms with van der Waals surface area (Å²) < 4.78 is 24.4. The van der Waals surface area contributed by atoms with Crippen LogP contribution >= 0.6 is 22.9 Å². The summed E-state index contributed by atoms with van der Waals surface area (Å²) in [6.45, 7) is 0.102. The van der Waals surface area contributed by atoms with E-state index in [9.17, 15) is 23.3 Å². The van der Waals surface area contributed by atoms with Gasteiger partial charge in [0.2, 0.25) is 5.91 Å². The van der Waals surface area contributed by atoms with Crippen LogP contribution in [-0.2, 0) is 14.8 Å². The Labute approximate surface area is 111 Å². The molecule has 0 spiro atoms. The second-order valence-corrected chi connectivity index (χ2v) is 7.30. The molecule has 2 heterocycles. The molecule has 2 rings (SSSR count). The number of rotatable bonds is 3. The Morgan fingerprint density at radius 2 is 2.17 bits per heavy atom. The molecule has 0 N–H and O–H groups in total. The molecule has 1 amide bonds. The predicted molar refractivity (Wildman–Crippen MR) is 64.1 cm³/mol. The largest absolute Gasteiger partial charge is 0.300 e. The topological polar surface area (TPSA) is 97.6 Å². The first kappa shape index (κ1) is 13.2. The van der Waals surface area contributed by atoms with Crippen LogP contribution in [0.25, 0.3) is 0 Å². The first-order valence-corrected chi connectivity index (χ1v) is 7.47. The molecule has 1 aromatic heterocycles. The SMILES string of the molecule is O=C1CCCN1S(=O)(=O)c1cc([N+](=O)[O-])c(Cl)s1. The van der Waals surface area contributed by atoms with Crippen molar-refractivity contribution in [3.8, 4) is 0 Å². The molecule has 0 radical (unpaired) electrons. The van der Waals surface area contributed by atoms with Crippen molar-refractivity contribution in [2.75, 3.05) is 6.54 Å². The summed E-state index contributed by atoms with van der Waals surface area (Å²) in [5.41, 5.74) is -0.466. The highest BCUT2D eigenvalue weighted by atomic mass is 35.5. The maximum absolute atomic E-state index is 12.1. The van der Waals surface area contributed by atoms with Gasteiger partial charge in [0, 0.05) is 19.0 Å². The van der Waals surface area contributed by atoms with Gasteiger partial charge in [0.25, 0.3) is 15.7 Å². The highest BCUT2D eigenvalue weighted by Gasteiger charge is 2.35. The molecule has 18 heavy (non-hydrogen) atoms. The first-order valence-electron chi connectivity index (χ1n) is 4.83. The van der Waals surface area contributed by atoms with Crippen molar-refractivity contribution in [1.82, 2.24) is 4.31 Å². The van der Waals surface area contributed by atoms with Gasteiger partial charge in [0.05, 0.1) is 4.92 Å². The fourth-order valence-electron chi connectivity index (χ4n) is 1.58. The van der Waals surface area contributed by atoms with Gasteiger partial charge in [0.15, 0.2) is 4.34 Å². The Kier molecular flexibility index (Phi) is 3.30. The molecule has 0 saturated carbocycles. The van der Waals surface area contributed by atoms with Gasteiger partial charge in [-0.05, 0) is 6.42 Å². The number of nitro groups is 1. The molecule has 0 aromatic carbocycles. The molecule has 7 nitrogen and oxygen atoms in total. The van der Waals surface area contributed by atoms with E-state index in [-0.39, 0.29) is 21.5 Å². The smallest absolute Gasteiger partial charge is 0.274 e. The maximum Gasteiger partial charge on any atom is 0.300 e. The van der Waals surface area contributed by atoms with E-state index < -0.39 is 26.5 Å². The lowest BCUT2D eigenvalue weighted by molar-refractivity contribution is -0.384. The maximum atomic E-state index is 12.1. The number of thiophene rings is 1. The minimum Gasteiger partial charge on any atom is -0.274 e. The third kappa shape index (κ3) is 2.08. The molecule has 98 valence electrons. The number of sulfonamides is 1. The minimum absolute atomic E-state index is 0.102. The Morgan fingerprint density at radius 3 is 2.61 bits per heavy atom. The normalized spacial score (nSPS) is 16.3. The Morgan fingerprint density at radius 1 is 1.50 bits per heavy atom. The van der Waals surface area contributed by atoms with Crippen molar-refractivity contribution in [2.45, 2.75) is 17.1 Å². The molecule has 0 aliphatic carbocycles. The van der Waals surface area contributed by atoms with Crippen LogP contribution in [0.5, 0.6) is 0 Å². The lowest BCUT2D eigenvalue weighted by Crippen LogP contribution is -2.31. The highest BCUT2D eigenvalue weighted by molar-refractivity contribution is 7.91. The fourth-order valence-corrected chi connectivity index (χ4v) is 4.82. The van der Waals surface area contributed by atoms with Crippen molar-refractivity contribution in [3.63, 3.8) is 0 Å². The van der Waals surface area contributed by atoms with Crippen molar-refractivity contribution >= 4 is 44.6 Å². The molecule has 1 saturated heterocycles. The number of carbonyl (C=O) groups excluding carboxylic acids is 1. The molecule has 0 bridgehead atoms. The second-order valence-electron chi connectivity index (χ2n) is 3.56. The predicted octanol–water partition coefficient (Wildman–Crippen LogP) is 1.62. The van der Waals surface area contributed by atoms with Gasteiger partial charge in [0.1, 0.15) is 4.21 Å². The second kappa shape index (κ2) is 4.48. The van der Waals surface area contributed by atoms with Crippen LogP contribution in [0.2, 0.25) is 4.34 Å². The van der Waals surface area contributed by atoms with Gasteiger partial charge in [-0.25, -0.2) is 12.7 Å². The number of nitrogens with zero attached hydrogens (tertiary/aromatic N) is 2. The van der Waals surface area contributed by atoms with E-state index >= 15 is 0 Å². The fraction of sp³-hybridized carbons (Fsp3) is 0.375. The van der Waals surface area contributed by atoms with Gasteiger partial charge in [-0.3, -0.25) is 14.9 Å². The Bertz CT molecular complexity index is 623. The summed E-state index contributed by atoms with van der Waals surface area (Å²) in [5.74, 6) is -0.498. The van der Waals surface area contributed by atoms with Crippen molar-refractivity contribution in [2.24, 2.45) is 0 Å². The standard InChI is InChI=1S/C8H7ClN2O5S2/c9-8-5(11(13)14)4-7(17-8)18(15,16)10-3-1-2-6(10)12/h4H,1-3H2. The van der Waals surface area contributed by atoms with E-state index in [1.54, 1.807) is 0 Å². The van der Waals surface area contributed by atoms with Crippen LogP contribution in [0.3, 0.4) is 0 Å². The third-order valence-electron chi connectivity index (χ3n) is 2.42. The van der Waals surface area contributed by atoms with Crippen LogP contribution in [0.15, 0.2) is 10.3 Å². The summed E-state index contributed by atoms with van der Waals surface area (Å²) in [6, 6.07) is 0.883. The molecule has 1 fully saturated rings. The first-order chi connectivity index (χ1) is 8.34. The number of hydrogen-bond acceptors (Lipinski definition) is 6.